The molecule has 0 bridgehead atoms. The van der Waals surface area contributed by atoms with Gasteiger partial charge in [-0.3, -0.25) is 5.41 Å². The molecular weight excluding hydrogens is 358 g/mol. The molecule has 0 aliphatic carbocycles. The van der Waals surface area contributed by atoms with Crippen LogP contribution < -0.4 is 20.9 Å². The van der Waals surface area contributed by atoms with E-state index in [1.165, 1.54) is 0 Å². The highest BCUT2D eigenvalue weighted by Crippen LogP contribution is 2.30. The molecule has 0 unspecified atom stereocenters. The number of amides is 2. The van der Waals surface area contributed by atoms with Gasteiger partial charge in [0.1, 0.15) is 10.8 Å². The number of hydrogen-bond acceptors (Lipinski definition) is 4. The number of hydrogen-bond donors (Lipinski definition) is 4. The number of anilines is 4. The fourth-order valence-corrected chi connectivity index (χ4v) is 3.73. The van der Waals surface area contributed by atoms with Gasteiger partial charge in [0.05, 0.1) is 12.2 Å². The van der Waals surface area contributed by atoms with Crippen LogP contribution in [0, 0.1) is 12.3 Å². The maximum absolute atomic E-state index is 12.2. The third-order valence-corrected chi connectivity index (χ3v) is 5.29. The number of carbonyl (C=O) groups excluding carboxylic acids is 1. The number of benzene rings is 2. The van der Waals surface area contributed by atoms with E-state index in [4.69, 9.17) is 5.41 Å². The van der Waals surface area contributed by atoms with Gasteiger partial charge in [-0.05, 0) is 54.3 Å². The number of carbonyl (C=O) groups is 1. The Balaban J connectivity index is 1.43. The van der Waals surface area contributed by atoms with Gasteiger partial charge < -0.3 is 20.9 Å². The molecule has 0 fully saturated rings. The minimum atomic E-state index is -0.285. The lowest BCUT2D eigenvalue weighted by molar-refractivity contribution is 0.262. The number of nitrogens with zero attached hydrogens (tertiary/aromatic N) is 1. The molecule has 0 saturated carbocycles. The lowest BCUT2D eigenvalue weighted by Crippen LogP contribution is -2.39. The van der Waals surface area contributed by atoms with Crippen LogP contribution in [-0.4, -0.2) is 18.5 Å². The van der Waals surface area contributed by atoms with Gasteiger partial charge in [0, 0.05) is 17.1 Å². The Labute approximate surface area is 161 Å². The lowest BCUT2D eigenvalue weighted by Gasteiger charge is -2.30. The number of para-hydroxylation sites is 1. The number of urea groups is 1. The number of thiophene rings is 1. The molecule has 136 valence electrons. The second-order valence-corrected chi connectivity index (χ2v) is 7.13. The Kier molecular flexibility index (Phi) is 4.52. The predicted octanol–water partition coefficient (Wildman–Crippen LogP) is 4.92. The zero-order valence-electron chi connectivity index (χ0n) is 14.7. The summed E-state index contributed by atoms with van der Waals surface area (Å²) in [6.07, 6.45) is 0. The SMILES string of the molecule is Cc1ccccc1NC(=O)Nc1ccc(N2CNc3sccc3C2=N)cc1. The Morgan fingerprint density at radius 1 is 1.11 bits per heavy atom. The highest BCUT2D eigenvalue weighted by atomic mass is 32.1. The summed E-state index contributed by atoms with van der Waals surface area (Å²) in [5, 5.41) is 20.4. The second-order valence-electron chi connectivity index (χ2n) is 6.22. The van der Waals surface area contributed by atoms with E-state index in [2.05, 4.69) is 16.0 Å². The number of rotatable bonds is 3. The second kappa shape index (κ2) is 7.13. The fraction of sp³-hybridized carbons (Fsp3) is 0.100. The van der Waals surface area contributed by atoms with Crippen LogP contribution in [0.1, 0.15) is 11.1 Å². The summed E-state index contributed by atoms with van der Waals surface area (Å²) in [6.45, 7) is 2.50. The number of nitrogens with one attached hydrogen (secondary N) is 4. The van der Waals surface area contributed by atoms with Crippen molar-refractivity contribution >= 4 is 45.3 Å². The molecular formula is C20H19N5OS. The molecule has 6 nitrogen and oxygen atoms in total. The summed E-state index contributed by atoms with van der Waals surface area (Å²) in [7, 11) is 0. The monoisotopic (exact) mass is 377 g/mol. The van der Waals surface area contributed by atoms with Crippen LogP contribution >= 0.6 is 11.3 Å². The molecule has 1 aliphatic rings. The Morgan fingerprint density at radius 3 is 2.67 bits per heavy atom. The summed E-state index contributed by atoms with van der Waals surface area (Å²) in [5.74, 6) is 0.475. The molecule has 4 rings (SSSR count). The number of aryl methyl sites for hydroxylation is 1. The van der Waals surface area contributed by atoms with Gasteiger partial charge in [-0.15, -0.1) is 11.3 Å². The van der Waals surface area contributed by atoms with E-state index in [9.17, 15) is 4.79 Å². The van der Waals surface area contributed by atoms with Crippen LogP contribution in [0.5, 0.6) is 0 Å². The normalized spacial score (nSPS) is 12.9. The summed E-state index contributed by atoms with van der Waals surface area (Å²) in [6, 6.07) is 16.8. The molecule has 4 N–H and O–H groups in total. The van der Waals surface area contributed by atoms with E-state index in [1.54, 1.807) is 11.3 Å². The highest BCUT2D eigenvalue weighted by Gasteiger charge is 2.22. The summed E-state index contributed by atoms with van der Waals surface area (Å²) >= 11 is 1.60. The predicted molar refractivity (Wildman–Crippen MR) is 112 cm³/mol. The first-order chi connectivity index (χ1) is 13.1. The van der Waals surface area contributed by atoms with E-state index < -0.39 is 0 Å². The lowest BCUT2D eigenvalue weighted by atomic mass is 10.2. The standard InChI is InChI=1S/C20H19N5OS/c1-13-4-2-3-5-17(13)24-20(26)23-14-6-8-15(9-7-14)25-12-22-19-16(18(25)21)10-11-27-19/h2-11,21-22H,12H2,1H3,(H2,23,24,26). The minimum Gasteiger partial charge on any atom is -0.359 e. The van der Waals surface area contributed by atoms with Crippen LogP contribution in [-0.2, 0) is 0 Å². The van der Waals surface area contributed by atoms with Crippen molar-refractivity contribution in [3.05, 3.63) is 71.1 Å². The van der Waals surface area contributed by atoms with Crippen molar-refractivity contribution in [1.29, 1.82) is 5.41 Å². The van der Waals surface area contributed by atoms with Gasteiger partial charge in [0.2, 0.25) is 0 Å². The molecule has 0 saturated heterocycles. The Hall–Kier alpha value is -3.32. The topological polar surface area (TPSA) is 80.2 Å². The van der Waals surface area contributed by atoms with E-state index in [1.807, 2.05) is 71.8 Å². The zero-order valence-corrected chi connectivity index (χ0v) is 15.6. The largest absolute Gasteiger partial charge is 0.359 e. The Morgan fingerprint density at radius 2 is 1.89 bits per heavy atom. The number of fused-ring (bicyclic) bond motifs is 1. The average molecular weight is 377 g/mol. The van der Waals surface area contributed by atoms with Gasteiger partial charge in [-0.1, -0.05) is 18.2 Å². The van der Waals surface area contributed by atoms with Crippen LogP contribution in [0.25, 0.3) is 0 Å². The molecule has 1 aliphatic heterocycles. The van der Waals surface area contributed by atoms with Crippen LogP contribution in [0.2, 0.25) is 0 Å². The van der Waals surface area contributed by atoms with Crippen molar-refractivity contribution in [2.45, 2.75) is 6.92 Å². The van der Waals surface area contributed by atoms with Gasteiger partial charge in [0.15, 0.2) is 0 Å². The molecule has 27 heavy (non-hydrogen) atoms. The summed E-state index contributed by atoms with van der Waals surface area (Å²) in [4.78, 5) is 14.1. The first-order valence-corrected chi connectivity index (χ1v) is 9.41. The van der Waals surface area contributed by atoms with Crippen LogP contribution in [0.15, 0.2) is 60.0 Å². The van der Waals surface area contributed by atoms with E-state index in [0.717, 1.165) is 27.5 Å². The zero-order chi connectivity index (χ0) is 18.8. The maximum Gasteiger partial charge on any atom is 0.323 e. The molecule has 0 radical (unpaired) electrons. The molecule has 7 heteroatoms. The van der Waals surface area contributed by atoms with E-state index >= 15 is 0 Å². The van der Waals surface area contributed by atoms with Gasteiger partial charge in [-0.25, -0.2) is 4.79 Å². The van der Waals surface area contributed by atoms with Crippen molar-refractivity contribution in [1.82, 2.24) is 0 Å². The smallest absolute Gasteiger partial charge is 0.323 e. The van der Waals surface area contributed by atoms with E-state index in [0.29, 0.717) is 18.2 Å². The van der Waals surface area contributed by atoms with Crippen LogP contribution in [0.4, 0.5) is 26.9 Å². The molecule has 2 aromatic carbocycles. The van der Waals surface area contributed by atoms with Gasteiger partial charge in [0.25, 0.3) is 0 Å². The molecule has 2 amide bonds. The highest BCUT2D eigenvalue weighted by molar-refractivity contribution is 7.14. The first kappa shape index (κ1) is 17.1. The van der Waals surface area contributed by atoms with Crippen molar-refractivity contribution in [2.24, 2.45) is 0 Å². The molecule has 3 aromatic rings. The van der Waals surface area contributed by atoms with E-state index in [-0.39, 0.29) is 6.03 Å². The first-order valence-electron chi connectivity index (χ1n) is 8.53. The van der Waals surface area contributed by atoms with Crippen molar-refractivity contribution in [2.75, 3.05) is 27.5 Å². The average Bonchev–Trinajstić information content (AvgIpc) is 3.15. The minimum absolute atomic E-state index is 0.285. The Bertz CT molecular complexity index is 996. The quantitative estimate of drug-likeness (QED) is 0.523. The third kappa shape index (κ3) is 3.50. The van der Waals surface area contributed by atoms with Crippen molar-refractivity contribution in [3.8, 4) is 0 Å². The summed E-state index contributed by atoms with van der Waals surface area (Å²) < 4.78 is 0. The number of amidine groups is 1. The molecule has 2 heterocycles. The summed E-state index contributed by atoms with van der Waals surface area (Å²) in [5.41, 5.74) is 4.29. The molecule has 1 aromatic heterocycles. The van der Waals surface area contributed by atoms with Gasteiger partial charge in [-0.2, -0.15) is 0 Å². The maximum atomic E-state index is 12.2. The fourth-order valence-electron chi connectivity index (χ4n) is 2.95. The van der Waals surface area contributed by atoms with Crippen LogP contribution in [0.3, 0.4) is 0 Å². The van der Waals surface area contributed by atoms with Crippen molar-refractivity contribution < 1.29 is 4.79 Å². The molecule has 0 spiro atoms. The molecule has 0 atom stereocenters. The van der Waals surface area contributed by atoms with Gasteiger partial charge >= 0.3 is 6.03 Å². The third-order valence-electron chi connectivity index (χ3n) is 4.42. The van der Waals surface area contributed by atoms with Crippen molar-refractivity contribution in [3.63, 3.8) is 0 Å².